The first-order valence-corrected chi connectivity index (χ1v) is 5.83. The molecule has 1 heterocycles. The molecule has 2 atom stereocenters. The van der Waals surface area contributed by atoms with E-state index in [0.29, 0.717) is 13.2 Å². The minimum atomic E-state index is -0.483. The molecule has 1 aliphatic rings. The molecule has 4 nitrogen and oxygen atoms in total. The first kappa shape index (κ1) is 12.1. The van der Waals surface area contributed by atoms with Crippen molar-refractivity contribution in [3.05, 3.63) is 29.8 Å². The fourth-order valence-corrected chi connectivity index (χ4v) is 1.83. The van der Waals surface area contributed by atoms with E-state index in [9.17, 15) is 9.90 Å². The second-order valence-corrected chi connectivity index (χ2v) is 4.35. The van der Waals surface area contributed by atoms with Crippen molar-refractivity contribution in [2.45, 2.75) is 19.4 Å². The van der Waals surface area contributed by atoms with E-state index < -0.39 is 6.10 Å². The molecule has 4 heteroatoms. The maximum Gasteiger partial charge on any atom is 0.229 e. The largest absolute Gasteiger partial charge is 0.389 e. The van der Waals surface area contributed by atoms with Crippen LogP contribution in [-0.2, 0) is 9.53 Å². The zero-order valence-corrected chi connectivity index (χ0v) is 9.85. The smallest absolute Gasteiger partial charge is 0.229 e. The Morgan fingerprint density at radius 3 is 2.71 bits per heavy atom. The van der Waals surface area contributed by atoms with E-state index >= 15 is 0 Å². The topological polar surface area (TPSA) is 58.6 Å². The molecule has 1 fully saturated rings. The Labute approximate surface area is 101 Å². The third-order valence-corrected chi connectivity index (χ3v) is 2.96. The number of ether oxygens (including phenoxy) is 1. The van der Waals surface area contributed by atoms with Crippen molar-refractivity contribution in [3.63, 3.8) is 0 Å². The summed E-state index contributed by atoms with van der Waals surface area (Å²) in [6.45, 7) is 2.89. The van der Waals surface area contributed by atoms with Crippen molar-refractivity contribution in [2.24, 2.45) is 5.92 Å². The van der Waals surface area contributed by atoms with Gasteiger partial charge in [-0.2, -0.15) is 0 Å². The van der Waals surface area contributed by atoms with Crippen LogP contribution in [0.2, 0.25) is 0 Å². The van der Waals surface area contributed by atoms with Gasteiger partial charge in [0.1, 0.15) is 0 Å². The minimum absolute atomic E-state index is 0.00676. The SMILES string of the molecule is CC(O)c1ccc(NC(=O)C2CCOC2)cc1. The Kier molecular flexibility index (Phi) is 3.76. The van der Waals surface area contributed by atoms with Crippen LogP contribution >= 0.6 is 0 Å². The molecule has 0 radical (unpaired) electrons. The Balaban J connectivity index is 1.96. The number of aliphatic hydroxyl groups excluding tert-OH is 1. The zero-order chi connectivity index (χ0) is 12.3. The van der Waals surface area contributed by atoms with Gasteiger partial charge in [0.2, 0.25) is 5.91 Å². The Bertz CT molecular complexity index is 380. The predicted molar refractivity (Wildman–Crippen MR) is 64.6 cm³/mol. The van der Waals surface area contributed by atoms with Gasteiger partial charge in [0.25, 0.3) is 0 Å². The predicted octanol–water partition coefficient (Wildman–Crippen LogP) is 1.71. The van der Waals surface area contributed by atoms with Gasteiger partial charge in [-0.25, -0.2) is 0 Å². The molecule has 1 aliphatic heterocycles. The highest BCUT2D eigenvalue weighted by Gasteiger charge is 2.23. The van der Waals surface area contributed by atoms with Gasteiger partial charge in [-0.15, -0.1) is 0 Å². The van der Waals surface area contributed by atoms with Gasteiger partial charge in [0.05, 0.1) is 18.6 Å². The lowest BCUT2D eigenvalue weighted by Crippen LogP contribution is -2.22. The first-order valence-electron chi connectivity index (χ1n) is 5.83. The number of carbonyl (C=O) groups excluding carboxylic acids is 1. The fraction of sp³-hybridized carbons (Fsp3) is 0.462. The van der Waals surface area contributed by atoms with Crippen LogP contribution in [0.4, 0.5) is 5.69 Å². The third kappa shape index (κ3) is 3.05. The maximum atomic E-state index is 11.8. The molecule has 1 aromatic rings. The summed E-state index contributed by atoms with van der Waals surface area (Å²) >= 11 is 0. The van der Waals surface area contributed by atoms with Gasteiger partial charge in [-0.1, -0.05) is 12.1 Å². The van der Waals surface area contributed by atoms with Gasteiger partial charge in [0, 0.05) is 12.3 Å². The van der Waals surface area contributed by atoms with Crippen LogP contribution in [0.5, 0.6) is 0 Å². The minimum Gasteiger partial charge on any atom is -0.389 e. The highest BCUT2D eigenvalue weighted by Crippen LogP contribution is 2.18. The number of carbonyl (C=O) groups is 1. The molecule has 0 spiro atoms. The number of rotatable bonds is 3. The molecule has 1 amide bonds. The molecular formula is C13H17NO3. The molecule has 17 heavy (non-hydrogen) atoms. The van der Waals surface area contributed by atoms with Crippen LogP contribution in [-0.4, -0.2) is 24.2 Å². The second-order valence-electron chi connectivity index (χ2n) is 4.35. The lowest BCUT2D eigenvalue weighted by atomic mass is 10.1. The van der Waals surface area contributed by atoms with Crippen LogP contribution in [0.3, 0.4) is 0 Å². The molecule has 1 saturated heterocycles. The molecule has 2 unspecified atom stereocenters. The molecule has 0 aliphatic carbocycles. The van der Waals surface area contributed by atoms with Gasteiger partial charge >= 0.3 is 0 Å². The van der Waals surface area contributed by atoms with Crippen molar-refractivity contribution in [2.75, 3.05) is 18.5 Å². The molecule has 2 N–H and O–H groups in total. The lowest BCUT2D eigenvalue weighted by Gasteiger charge is -2.10. The molecule has 0 aromatic heterocycles. The van der Waals surface area contributed by atoms with Crippen molar-refractivity contribution in [1.29, 1.82) is 0 Å². The number of nitrogens with one attached hydrogen (secondary N) is 1. The quantitative estimate of drug-likeness (QED) is 0.838. The van der Waals surface area contributed by atoms with Crippen molar-refractivity contribution in [3.8, 4) is 0 Å². The Morgan fingerprint density at radius 1 is 1.47 bits per heavy atom. The van der Waals surface area contributed by atoms with Crippen molar-refractivity contribution in [1.82, 2.24) is 0 Å². The van der Waals surface area contributed by atoms with E-state index in [4.69, 9.17) is 4.74 Å². The molecule has 1 aromatic carbocycles. The number of benzene rings is 1. The number of hydrogen-bond acceptors (Lipinski definition) is 3. The summed E-state index contributed by atoms with van der Waals surface area (Å²) in [6, 6.07) is 7.22. The average Bonchev–Trinajstić information content (AvgIpc) is 2.83. The van der Waals surface area contributed by atoms with Crippen LogP contribution in [0.1, 0.15) is 25.0 Å². The van der Waals surface area contributed by atoms with E-state index in [1.54, 1.807) is 19.1 Å². The Hall–Kier alpha value is -1.39. The average molecular weight is 235 g/mol. The zero-order valence-electron chi connectivity index (χ0n) is 9.85. The van der Waals surface area contributed by atoms with Crippen LogP contribution in [0, 0.1) is 5.92 Å². The van der Waals surface area contributed by atoms with Crippen LogP contribution in [0.15, 0.2) is 24.3 Å². The van der Waals surface area contributed by atoms with Crippen molar-refractivity contribution >= 4 is 11.6 Å². The summed E-state index contributed by atoms with van der Waals surface area (Å²) in [6.07, 6.45) is 0.306. The van der Waals surface area contributed by atoms with E-state index in [0.717, 1.165) is 17.7 Å². The van der Waals surface area contributed by atoms with E-state index in [-0.39, 0.29) is 11.8 Å². The van der Waals surface area contributed by atoms with Gasteiger partial charge in [-0.05, 0) is 31.0 Å². The summed E-state index contributed by atoms with van der Waals surface area (Å²) < 4.78 is 5.17. The highest BCUT2D eigenvalue weighted by atomic mass is 16.5. The molecule has 0 saturated carbocycles. The summed E-state index contributed by atoms with van der Waals surface area (Å²) in [7, 11) is 0. The molecule has 0 bridgehead atoms. The van der Waals surface area contributed by atoms with Crippen LogP contribution < -0.4 is 5.32 Å². The highest BCUT2D eigenvalue weighted by molar-refractivity contribution is 5.92. The number of amides is 1. The van der Waals surface area contributed by atoms with E-state index in [1.807, 2.05) is 12.1 Å². The first-order chi connectivity index (χ1) is 8.16. The van der Waals surface area contributed by atoms with Gasteiger partial charge < -0.3 is 15.2 Å². The van der Waals surface area contributed by atoms with Gasteiger partial charge in [-0.3, -0.25) is 4.79 Å². The summed E-state index contributed by atoms with van der Waals surface area (Å²) in [5.41, 5.74) is 1.60. The number of aliphatic hydroxyl groups is 1. The number of anilines is 1. The standard InChI is InChI=1S/C13H17NO3/c1-9(15)10-2-4-12(5-3-10)14-13(16)11-6-7-17-8-11/h2-5,9,11,15H,6-8H2,1H3,(H,14,16). The summed E-state index contributed by atoms with van der Waals surface area (Å²) in [5.74, 6) is -0.0289. The summed E-state index contributed by atoms with van der Waals surface area (Å²) in [4.78, 5) is 11.8. The molecule has 2 rings (SSSR count). The molecule has 92 valence electrons. The monoisotopic (exact) mass is 235 g/mol. The van der Waals surface area contributed by atoms with E-state index in [1.165, 1.54) is 0 Å². The second kappa shape index (κ2) is 5.29. The maximum absolute atomic E-state index is 11.8. The number of hydrogen-bond donors (Lipinski definition) is 2. The normalized spacial score (nSPS) is 21.2. The molecular weight excluding hydrogens is 218 g/mol. The van der Waals surface area contributed by atoms with Crippen LogP contribution in [0.25, 0.3) is 0 Å². The van der Waals surface area contributed by atoms with Gasteiger partial charge in [0.15, 0.2) is 0 Å². The lowest BCUT2D eigenvalue weighted by molar-refractivity contribution is -0.119. The fourth-order valence-electron chi connectivity index (χ4n) is 1.83. The summed E-state index contributed by atoms with van der Waals surface area (Å²) in [5, 5.41) is 12.2. The third-order valence-electron chi connectivity index (χ3n) is 2.96. The van der Waals surface area contributed by atoms with Crippen molar-refractivity contribution < 1.29 is 14.6 Å². The Morgan fingerprint density at radius 2 is 2.18 bits per heavy atom. The van der Waals surface area contributed by atoms with E-state index in [2.05, 4.69) is 5.32 Å².